The van der Waals surface area contributed by atoms with Gasteiger partial charge in [-0.25, -0.2) is 9.38 Å². The van der Waals surface area contributed by atoms with E-state index < -0.39 is 5.82 Å². The summed E-state index contributed by atoms with van der Waals surface area (Å²) < 4.78 is 15.9. The number of hydrogen-bond acceptors (Lipinski definition) is 6. The van der Waals surface area contributed by atoms with Crippen LogP contribution >= 0.6 is 0 Å². The number of rotatable bonds is 9. The normalized spacial score (nSPS) is 15.6. The van der Waals surface area contributed by atoms with Gasteiger partial charge in [-0.15, -0.1) is 0 Å². The lowest BCUT2D eigenvalue weighted by Gasteiger charge is -2.30. The van der Waals surface area contributed by atoms with Crippen molar-refractivity contribution in [1.82, 2.24) is 15.3 Å². The molecular formula is C32H39FN6. The highest BCUT2D eigenvalue weighted by molar-refractivity contribution is 5.77. The largest absolute Gasteiger partial charge is 0.370 e. The Labute approximate surface area is 231 Å². The number of pyridine rings is 2. The average molecular weight is 527 g/mol. The number of hydrogen-bond donors (Lipinski definition) is 2. The molecule has 2 aliphatic rings. The minimum absolute atomic E-state index is 0.142. The molecule has 6 nitrogen and oxygen atoms in total. The van der Waals surface area contributed by atoms with Crippen LogP contribution in [0.1, 0.15) is 58.2 Å². The van der Waals surface area contributed by atoms with Gasteiger partial charge in [-0.05, 0) is 50.8 Å². The van der Waals surface area contributed by atoms with Crippen LogP contribution in [0.15, 0.2) is 78.6 Å². The first kappa shape index (κ1) is 28.0. The SMILES string of the molecule is C=C/C(=C\C(=C/C)c1ncc2c(c1F)=C(C(=C)Nc1cncc(N3CCCCC3)c1C)N=2)NC(=C)C(C)(C)C. The maximum absolute atomic E-state index is 15.9. The molecule has 0 aromatic carbocycles. The second kappa shape index (κ2) is 11.4. The number of allylic oxidation sites excluding steroid dienone is 5. The zero-order chi connectivity index (χ0) is 28.3. The number of halogens is 1. The summed E-state index contributed by atoms with van der Waals surface area (Å²) in [6, 6.07) is 0. The van der Waals surface area contributed by atoms with Gasteiger partial charge >= 0.3 is 0 Å². The van der Waals surface area contributed by atoms with Crippen LogP contribution < -0.4 is 26.1 Å². The van der Waals surface area contributed by atoms with Crippen molar-refractivity contribution in [2.45, 2.75) is 53.9 Å². The van der Waals surface area contributed by atoms with E-state index in [0.717, 1.165) is 35.7 Å². The quantitative estimate of drug-likeness (QED) is 0.398. The molecule has 7 heteroatoms. The molecule has 4 heterocycles. The van der Waals surface area contributed by atoms with Gasteiger partial charge in [-0.1, -0.05) is 46.6 Å². The molecule has 0 spiro atoms. The van der Waals surface area contributed by atoms with Crippen LogP contribution in [0.2, 0.25) is 0 Å². The van der Waals surface area contributed by atoms with Gasteiger partial charge in [-0.2, -0.15) is 0 Å². The van der Waals surface area contributed by atoms with Crippen LogP contribution in [0.5, 0.6) is 0 Å². The predicted octanol–water partition coefficient (Wildman–Crippen LogP) is 5.90. The van der Waals surface area contributed by atoms with Crippen molar-refractivity contribution in [3.05, 3.63) is 101 Å². The number of nitrogens with zero attached hydrogens (tertiary/aromatic N) is 4. The van der Waals surface area contributed by atoms with Gasteiger partial charge in [0.15, 0.2) is 5.82 Å². The first-order valence-corrected chi connectivity index (χ1v) is 13.5. The molecule has 2 N–H and O–H groups in total. The van der Waals surface area contributed by atoms with Crippen LogP contribution in [0.25, 0.3) is 11.3 Å². The third-order valence-electron chi connectivity index (χ3n) is 7.24. The molecule has 0 saturated carbocycles. The molecular weight excluding hydrogens is 487 g/mol. The molecule has 2 aromatic heterocycles. The molecule has 4 rings (SSSR count). The number of aromatic nitrogens is 2. The zero-order valence-electron chi connectivity index (χ0n) is 23.8. The van der Waals surface area contributed by atoms with Crippen molar-refractivity contribution >= 4 is 22.6 Å². The maximum Gasteiger partial charge on any atom is 0.161 e. The summed E-state index contributed by atoms with van der Waals surface area (Å²) in [5.74, 6) is -0.431. The Morgan fingerprint density at radius 1 is 1.10 bits per heavy atom. The molecule has 0 amide bonds. The zero-order valence-corrected chi connectivity index (χ0v) is 23.8. The van der Waals surface area contributed by atoms with Crippen molar-refractivity contribution in [2.24, 2.45) is 10.4 Å². The molecule has 1 saturated heterocycles. The Morgan fingerprint density at radius 3 is 2.46 bits per heavy atom. The second-order valence-electron chi connectivity index (χ2n) is 11.0. The Morgan fingerprint density at radius 2 is 1.82 bits per heavy atom. The number of nitrogens with one attached hydrogen (secondary N) is 2. The summed E-state index contributed by atoms with van der Waals surface area (Å²) in [5.41, 5.74) is 6.32. The Bertz CT molecular complexity index is 1500. The molecule has 2 aliphatic heterocycles. The van der Waals surface area contributed by atoms with Gasteiger partial charge in [-0.3, -0.25) is 9.97 Å². The topological polar surface area (TPSA) is 65.4 Å². The van der Waals surface area contributed by atoms with E-state index in [-0.39, 0.29) is 11.1 Å². The van der Waals surface area contributed by atoms with Gasteiger partial charge < -0.3 is 15.5 Å². The molecule has 0 radical (unpaired) electrons. The molecule has 0 unspecified atom stereocenters. The number of fused-ring (bicyclic) bond motifs is 1. The Balaban J connectivity index is 1.63. The van der Waals surface area contributed by atoms with Crippen LogP contribution in [-0.2, 0) is 0 Å². The predicted molar refractivity (Wildman–Crippen MR) is 160 cm³/mol. The minimum atomic E-state index is -0.431. The van der Waals surface area contributed by atoms with Gasteiger partial charge in [0.1, 0.15) is 5.69 Å². The molecule has 1 fully saturated rings. The second-order valence-corrected chi connectivity index (χ2v) is 11.0. The molecule has 39 heavy (non-hydrogen) atoms. The highest BCUT2D eigenvalue weighted by Gasteiger charge is 2.22. The summed E-state index contributed by atoms with van der Waals surface area (Å²) in [5, 5.41) is 7.55. The third-order valence-corrected chi connectivity index (χ3v) is 7.24. The molecule has 0 bridgehead atoms. The van der Waals surface area contributed by atoms with Crippen molar-refractivity contribution in [3.8, 4) is 0 Å². The van der Waals surface area contributed by atoms with Crippen LogP contribution in [0.3, 0.4) is 0 Å². The lowest BCUT2D eigenvalue weighted by Crippen LogP contribution is -2.40. The first-order valence-electron chi connectivity index (χ1n) is 13.5. The summed E-state index contributed by atoms with van der Waals surface area (Å²) in [6.07, 6.45) is 14.3. The number of anilines is 2. The van der Waals surface area contributed by atoms with Crippen LogP contribution in [0.4, 0.5) is 15.8 Å². The summed E-state index contributed by atoms with van der Waals surface area (Å²) in [6.45, 7) is 24.4. The van der Waals surface area contributed by atoms with E-state index in [2.05, 4.69) is 77.9 Å². The Kier molecular flexibility index (Phi) is 8.19. The molecule has 0 aliphatic carbocycles. The fourth-order valence-electron chi connectivity index (χ4n) is 4.61. The average Bonchev–Trinajstić information content (AvgIpc) is 2.88. The highest BCUT2D eigenvalue weighted by Crippen LogP contribution is 2.30. The van der Waals surface area contributed by atoms with Crippen molar-refractivity contribution in [3.63, 3.8) is 0 Å². The fraction of sp³-hybridized carbons (Fsp3) is 0.344. The highest BCUT2D eigenvalue weighted by atomic mass is 19.1. The summed E-state index contributed by atoms with van der Waals surface area (Å²) in [7, 11) is 0. The van der Waals surface area contributed by atoms with Gasteiger partial charge in [0.05, 0.1) is 51.9 Å². The van der Waals surface area contributed by atoms with E-state index >= 15 is 4.39 Å². The van der Waals surface area contributed by atoms with Gasteiger partial charge in [0.2, 0.25) is 0 Å². The standard InChI is InChI=1S/C32H39FN6/c1-9-23(16-24(10-2)37-22(5)32(6,7)8)31-29(33)28-26(18-35-31)38-30(28)21(4)36-25-17-34-19-27(20(25)3)39-14-12-11-13-15-39/h9-10,16-19,36-37H,2,4-5,11-15H2,1,3,6-8H3/b23-9+,24-16+. The van der Waals surface area contributed by atoms with Crippen LogP contribution in [-0.4, -0.2) is 23.1 Å². The van der Waals surface area contributed by atoms with E-state index in [1.807, 2.05) is 25.3 Å². The van der Waals surface area contributed by atoms with E-state index in [9.17, 15) is 0 Å². The Hall–Kier alpha value is -4.00. The lowest BCUT2D eigenvalue weighted by atomic mass is 9.92. The van der Waals surface area contributed by atoms with Crippen LogP contribution in [0, 0.1) is 18.2 Å². The minimum Gasteiger partial charge on any atom is -0.370 e. The first-order chi connectivity index (χ1) is 18.5. The van der Waals surface area contributed by atoms with Crippen molar-refractivity contribution < 1.29 is 4.39 Å². The third kappa shape index (κ3) is 5.87. The molecule has 0 atom stereocenters. The van der Waals surface area contributed by atoms with Crippen molar-refractivity contribution in [1.29, 1.82) is 0 Å². The van der Waals surface area contributed by atoms with E-state index in [4.69, 9.17) is 0 Å². The fourth-order valence-corrected chi connectivity index (χ4v) is 4.61. The van der Waals surface area contributed by atoms with Gasteiger partial charge in [0, 0.05) is 35.5 Å². The monoisotopic (exact) mass is 526 g/mol. The molecule has 204 valence electrons. The summed E-state index contributed by atoms with van der Waals surface area (Å²) in [4.78, 5) is 15.7. The lowest BCUT2D eigenvalue weighted by molar-refractivity contribution is 0.478. The number of piperidine rings is 1. The van der Waals surface area contributed by atoms with E-state index in [1.54, 1.807) is 18.5 Å². The van der Waals surface area contributed by atoms with Crippen molar-refractivity contribution in [2.75, 3.05) is 23.3 Å². The van der Waals surface area contributed by atoms with Gasteiger partial charge in [0.25, 0.3) is 0 Å². The maximum atomic E-state index is 15.9. The van der Waals surface area contributed by atoms with E-state index in [1.165, 1.54) is 19.3 Å². The summed E-state index contributed by atoms with van der Waals surface area (Å²) >= 11 is 0. The van der Waals surface area contributed by atoms with E-state index in [0.29, 0.717) is 33.2 Å². The smallest absolute Gasteiger partial charge is 0.161 e. The molecule has 2 aromatic rings.